The van der Waals surface area contributed by atoms with Crippen LogP contribution in [0.4, 0.5) is 0 Å². The van der Waals surface area contributed by atoms with Gasteiger partial charge in [-0.15, -0.1) is 0 Å². The molecule has 0 saturated heterocycles. The van der Waals surface area contributed by atoms with Gasteiger partial charge in [0.15, 0.2) is 0 Å². The van der Waals surface area contributed by atoms with E-state index in [0.29, 0.717) is 19.5 Å². The number of rotatable bonds is 9. The molecule has 1 amide bonds. The van der Waals surface area contributed by atoms with Crippen LogP contribution >= 0.6 is 0 Å². The van der Waals surface area contributed by atoms with Crippen molar-refractivity contribution < 1.29 is 14.7 Å². The molecule has 122 valence electrons. The van der Waals surface area contributed by atoms with E-state index in [4.69, 9.17) is 10.8 Å². The van der Waals surface area contributed by atoms with Crippen LogP contribution in [0.2, 0.25) is 0 Å². The number of carbonyl (C=O) groups excluding carboxylic acids is 1. The summed E-state index contributed by atoms with van der Waals surface area (Å²) in [6.07, 6.45) is 2.99. The molecule has 1 aliphatic carbocycles. The van der Waals surface area contributed by atoms with E-state index in [9.17, 15) is 9.59 Å². The van der Waals surface area contributed by atoms with Crippen LogP contribution in [0.3, 0.4) is 0 Å². The summed E-state index contributed by atoms with van der Waals surface area (Å²) in [5.41, 5.74) is 4.81. The van der Waals surface area contributed by atoms with Crippen molar-refractivity contribution in [2.45, 2.75) is 51.1 Å². The van der Waals surface area contributed by atoms with Gasteiger partial charge >= 0.3 is 5.97 Å². The molecule has 1 aliphatic rings. The molecule has 1 unspecified atom stereocenters. The van der Waals surface area contributed by atoms with E-state index in [-0.39, 0.29) is 11.5 Å². The summed E-state index contributed by atoms with van der Waals surface area (Å²) in [5.74, 6) is -0.854. The third-order valence-electron chi connectivity index (χ3n) is 4.57. The van der Waals surface area contributed by atoms with Gasteiger partial charge in [0.05, 0.1) is 0 Å². The predicted octanol–water partition coefficient (Wildman–Crippen LogP) is 0.757. The Labute approximate surface area is 127 Å². The highest BCUT2D eigenvalue weighted by Crippen LogP contribution is 2.44. The van der Waals surface area contributed by atoms with Crippen LogP contribution in [0.25, 0.3) is 0 Å². The van der Waals surface area contributed by atoms with Gasteiger partial charge in [0.1, 0.15) is 5.54 Å². The maximum absolute atomic E-state index is 11.1. The first-order valence-corrected chi connectivity index (χ1v) is 7.54. The number of carbonyl (C=O) groups is 2. The number of nitrogens with zero attached hydrogens (tertiary/aromatic N) is 2. The Morgan fingerprint density at radius 3 is 2.43 bits per heavy atom. The van der Waals surface area contributed by atoms with Crippen molar-refractivity contribution in [1.29, 1.82) is 0 Å². The summed E-state index contributed by atoms with van der Waals surface area (Å²) in [4.78, 5) is 26.0. The van der Waals surface area contributed by atoms with Crippen molar-refractivity contribution in [3.8, 4) is 0 Å². The van der Waals surface area contributed by atoms with Gasteiger partial charge in [-0.25, -0.2) is 0 Å². The monoisotopic (exact) mass is 299 g/mol. The van der Waals surface area contributed by atoms with Crippen molar-refractivity contribution >= 4 is 12.4 Å². The second-order valence-electron chi connectivity index (χ2n) is 7.12. The lowest BCUT2D eigenvalue weighted by Crippen LogP contribution is -2.43. The van der Waals surface area contributed by atoms with Crippen molar-refractivity contribution in [2.24, 2.45) is 11.7 Å². The van der Waals surface area contributed by atoms with Crippen LogP contribution in [-0.2, 0) is 9.59 Å². The zero-order valence-electron chi connectivity index (χ0n) is 13.6. The Bertz CT molecular complexity index is 381. The van der Waals surface area contributed by atoms with Gasteiger partial charge in [-0.2, -0.15) is 0 Å². The lowest BCUT2D eigenvalue weighted by Gasteiger charge is -2.33. The van der Waals surface area contributed by atoms with Crippen LogP contribution in [0.5, 0.6) is 0 Å². The van der Waals surface area contributed by atoms with Gasteiger partial charge < -0.3 is 15.7 Å². The summed E-state index contributed by atoms with van der Waals surface area (Å²) in [7, 11) is 2.04. The fourth-order valence-electron chi connectivity index (χ4n) is 2.34. The summed E-state index contributed by atoms with van der Waals surface area (Å²) >= 11 is 0. The van der Waals surface area contributed by atoms with Crippen molar-refractivity contribution in [2.75, 3.05) is 26.7 Å². The van der Waals surface area contributed by atoms with E-state index >= 15 is 0 Å². The number of aliphatic carboxylic acids is 1. The molecule has 0 heterocycles. The highest BCUT2D eigenvalue weighted by atomic mass is 16.4. The number of nitrogens with two attached hydrogens (primary N) is 1. The van der Waals surface area contributed by atoms with Gasteiger partial charge in [0.25, 0.3) is 0 Å². The Morgan fingerprint density at radius 1 is 1.38 bits per heavy atom. The second-order valence-corrected chi connectivity index (χ2v) is 7.12. The second kappa shape index (κ2) is 6.75. The van der Waals surface area contributed by atoms with Crippen LogP contribution in [0, 0.1) is 5.92 Å². The SMILES string of the molecule is CN(CCN(C=O)CCCC1C[C@]1(N)C(=O)O)C(C)(C)C. The van der Waals surface area contributed by atoms with E-state index < -0.39 is 11.5 Å². The average molecular weight is 299 g/mol. The molecule has 3 N–H and O–H groups in total. The van der Waals surface area contributed by atoms with Crippen molar-refractivity contribution in [3.63, 3.8) is 0 Å². The van der Waals surface area contributed by atoms with E-state index in [1.807, 2.05) is 7.05 Å². The number of amides is 1. The molecule has 0 aromatic rings. The van der Waals surface area contributed by atoms with Crippen LogP contribution < -0.4 is 5.73 Å². The molecule has 1 fully saturated rings. The molecular formula is C15H29N3O3. The molecule has 0 aromatic heterocycles. The van der Waals surface area contributed by atoms with Crippen molar-refractivity contribution in [1.82, 2.24) is 9.80 Å². The molecule has 0 aliphatic heterocycles. The first-order chi connectivity index (χ1) is 9.61. The molecule has 2 atom stereocenters. The third-order valence-corrected chi connectivity index (χ3v) is 4.57. The Morgan fingerprint density at radius 2 is 2.00 bits per heavy atom. The smallest absolute Gasteiger partial charge is 0.323 e. The quantitative estimate of drug-likeness (QED) is 0.614. The Hall–Kier alpha value is -1.14. The number of hydrogen-bond donors (Lipinski definition) is 2. The average Bonchev–Trinajstić information content (AvgIpc) is 3.04. The fourth-order valence-corrected chi connectivity index (χ4v) is 2.34. The first-order valence-electron chi connectivity index (χ1n) is 7.54. The Kier molecular flexibility index (Phi) is 5.75. The molecule has 1 rings (SSSR count). The van der Waals surface area contributed by atoms with Gasteiger partial charge in [-0.1, -0.05) is 0 Å². The molecule has 1 saturated carbocycles. The van der Waals surface area contributed by atoms with Crippen LogP contribution in [-0.4, -0.2) is 65.0 Å². The van der Waals surface area contributed by atoms with E-state index in [0.717, 1.165) is 25.8 Å². The third kappa shape index (κ3) is 4.97. The highest BCUT2D eigenvalue weighted by molar-refractivity contribution is 5.82. The fraction of sp³-hybridized carbons (Fsp3) is 0.867. The maximum atomic E-state index is 11.1. The van der Waals surface area contributed by atoms with Crippen LogP contribution in [0.15, 0.2) is 0 Å². The lowest BCUT2D eigenvalue weighted by molar-refractivity contribution is -0.140. The normalized spacial score (nSPS) is 25.0. The number of hydrogen-bond acceptors (Lipinski definition) is 4. The van der Waals surface area contributed by atoms with E-state index in [2.05, 4.69) is 25.7 Å². The van der Waals surface area contributed by atoms with Gasteiger partial charge in [0.2, 0.25) is 6.41 Å². The minimum atomic E-state index is -1.02. The number of carboxylic acid groups (broad SMARTS) is 1. The molecule has 6 heteroatoms. The van der Waals surface area contributed by atoms with Gasteiger partial charge in [-0.3, -0.25) is 14.5 Å². The van der Waals surface area contributed by atoms with Gasteiger partial charge in [0, 0.05) is 25.2 Å². The standard InChI is InChI=1S/C15H29N3O3/c1-14(2,3)17(4)8-9-18(11-19)7-5-6-12-10-15(12,16)13(20)21/h11-12H,5-10,16H2,1-4H3,(H,20,21)/t12?,15-/m1/s1. The summed E-state index contributed by atoms with van der Waals surface area (Å²) in [5, 5.41) is 8.96. The molecule has 0 radical (unpaired) electrons. The van der Waals surface area contributed by atoms with Gasteiger partial charge in [-0.05, 0) is 53.0 Å². The molecule has 6 nitrogen and oxygen atoms in total. The topological polar surface area (TPSA) is 86.9 Å². The first kappa shape index (κ1) is 17.9. The predicted molar refractivity (Wildman–Crippen MR) is 81.9 cm³/mol. The molecule has 0 bridgehead atoms. The minimum Gasteiger partial charge on any atom is -0.480 e. The largest absolute Gasteiger partial charge is 0.480 e. The minimum absolute atomic E-state index is 0.0563. The number of carboxylic acids is 1. The van der Waals surface area contributed by atoms with Crippen molar-refractivity contribution in [3.05, 3.63) is 0 Å². The molecule has 0 spiro atoms. The lowest BCUT2D eigenvalue weighted by atomic mass is 10.1. The zero-order chi connectivity index (χ0) is 16.3. The van der Waals surface area contributed by atoms with Crippen LogP contribution in [0.1, 0.15) is 40.0 Å². The Balaban J connectivity index is 2.24. The molecular weight excluding hydrogens is 270 g/mol. The van der Waals surface area contributed by atoms with E-state index in [1.165, 1.54) is 0 Å². The summed E-state index contributed by atoms with van der Waals surface area (Å²) in [6, 6.07) is 0. The van der Waals surface area contributed by atoms with E-state index in [1.54, 1.807) is 4.90 Å². The maximum Gasteiger partial charge on any atom is 0.323 e. The number of likely N-dealkylation sites (N-methyl/N-ethyl adjacent to an activating group) is 1. The highest BCUT2D eigenvalue weighted by Gasteiger charge is 2.56. The summed E-state index contributed by atoms with van der Waals surface area (Å²) in [6.45, 7) is 8.58. The molecule has 21 heavy (non-hydrogen) atoms. The summed E-state index contributed by atoms with van der Waals surface area (Å²) < 4.78 is 0. The molecule has 0 aromatic carbocycles. The zero-order valence-corrected chi connectivity index (χ0v) is 13.6.